The number of aromatic hydroxyl groups is 1. The molecule has 3 aromatic rings. The first kappa shape index (κ1) is 16.1. The fraction of sp³-hybridized carbons (Fsp3) is 0.118. The number of hydrogen-bond donors (Lipinski definition) is 2. The molecular formula is C17H16N4O2S. The number of phenols is 1. The zero-order valence-electron chi connectivity index (χ0n) is 13.0. The number of amides is 1. The van der Waals surface area contributed by atoms with E-state index in [9.17, 15) is 9.90 Å². The van der Waals surface area contributed by atoms with Crippen LogP contribution in [0.3, 0.4) is 0 Å². The van der Waals surface area contributed by atoms with Gasteiger partial charge in [0, 0.05) is 24.4 Å². The van der Waals surface area contributed by atoms with Crippen LogP contribution >= 0.6 is 11.8 Å². The van der Waals surface area contributed by atoms with Crippen LogP contribution in [0.4, 0.5) is 5.69 Å². The number of nitrogens with zero attached hydrogens (tertiary/aromatic N) is 3. The van der Waals surface area contributed by atoms with E-state index >= 15 is 0 Å². The van der Waals surface area contributed by atoms with Gasteiger partial charge in [-0.1, -0.05) is 48.2 Å². The first-order valence-electron chi connectivity index (χ1n) is 7.30. The van der Waals surface area contributed by atoms with Crippen molar-refractivity contribution in [2.75, 3.05) is 11.1 Å². The molecule has 1 heterocycles. The van der Waals surface area contributed by atoms with Crippen LogP contribution in [-0.4, -0.2) is 31.5 Å². The van der Waals surface area contributed by atoms with Crippen LogP contribution in [0.1, 0.15) is 0 Å². The molecule has 0 saturated heterocycles. The molecule has 2 aromatic carbocycles. The standard InChI is InChI=1S/C17H16N4O2S/c1-21-16(12-6-3-2-4-7-12)19-20-17(21)24-11-15(23)18-13-8-5-9-14(22)10-13/h2-10,22H,11H2,1H3,(H,18,23). The second kappa shape index (κ2) is 7.18. The van der Waals surface area contributed by atoms with Gasteiger partial charge in [-0.25, -0.2) is 0 Å². The number of phenolic OH excluding ortho intramolecular Hbond substituents is 1. The summed E-state index contributed by atoms with van der Waals surface area (Å²) >= 11 is 1.31. The van der Waals surface area contributed by atoms with Crippen LogP contribution in [-0.2, 0) is 11.8 Å². The van der Waals surface area contributed by atoms with Gasteiger partial charge in [0.2, 0.25) is 5.91 Å². The van der Waals surface area contributed by atoms with Crippen LogP contribution in [0.25, 0.3) is 11.4 Å². The predicted molar refractivity (Wildman–Crippen MR) is 93.9 cm³/mol. The van der Waals surface area contributed by atoms with E-state index in [1.54, 1.807) is 18.2 Å². The lowest BCUT2D eigenvalue weighted by Crippen LogP contribution is -2.14. The van der Waals surface area contributed by atoms with E-state index in [0.29, 0.717) is 10.8 Å². The largest absolute Gasteiger partial charge is 0.508 e. The smallest absolute Gasteiger partial charge is 0.234 e. The summed E-state index contributed by atoms with van der Waals surface area (Å²) in [6.07, 6.45) is 0. The van der Waals surface area contributed by atoms with Crippen molar-refractivity contribution in [1.29, 1.82) is 0 Å². The number of anilines is 1. The number of aromatic nitrogens is 3. The molecule has 6 nitrogen and oxygen atoms in total. The Kier molecular flexibility index (Phi) is 4.81. The molecule has 0 spiro atoms. The highest BCUT2D eigenvalue weighted by atomic mass is 32.2. The normalized spacial score (nSPS) is 10.5. The maximum Gasteiger partial charge on any atom is 0.234 e. The number of hydrogen-bond acceptors (Lipinski definition) is 5. The van der Waals surface area contributed by atoms with E-state index in [4.69, 9.17) is 0 Å². The molecule has 0 fully saturated rings. The Balaban J connectivity index is 1.63. The molecule has 1 aromatic heterocycles. The third-order valence-electron chi connectivity index (χ3n) is 3.33. The summed E-state index contributed by atoms with van der Waals surface area (Å²) in [7, 11) is 1.87. The Bertz CT molecular complexity index is 849. The van der Waals surface area contributed by atoms with Crippen molar-refractivity contribution >= 4 is 23.4 Å². The highest BCUT2D eigenvalue weighted by Gasteiger charge is 2.12. The van der Waals surface area contributed by atoms with Gasteiger partial charge in [0.25, 0.3) is 0 Å². The van der Waals surface area contributed by atoms with Crippen LogP contribution in [0, 0.1) is 0 Å². The Morgan fingerprint density at radius 3 is 2.71 bits per heavy atom. The first-order valence-corrected chi connectivity index (χ1v) is 8.28. The third kappa shape index (κ3) is 3.75. The molecule has 7 heteroatoms. The Morgan fingerprint density at radius 1 is 1.17 bits per heavy atom. The predicted octanol–water partition coefficient (Wildman–Crippen LogP) is 2.92. The molecule has 0 saturated carbocycles. The average molecular weight is 340 g/mol. The molecule has 0 aliphatic heterocycles. The number of benzene rings is 2. The summed E-state index contributed by atoms with van der Waals surface area (Å²) in [5, 5.41) is 21.1. The molecule has 0 radical (unpaired) electrons. The maximum absolute atomic E-state index is 12.0. The van der Waals surface area contributed by atoms with Gasteiger partial charge in [0.1, 0.15) is 5.75 Å². The first-order chi connectivity index (χ1) is 11.6. The van der Waals surface area contributed by atoms with Crippen molar-refractivity contribution < 1.29 is 9.90 Å². The van der Waals surface area contributed by atoms with Crippen LogP contribution in [0.2, 0.25) is 0 Å². The van der Waals surface area contributed by atoms with E-state index in [1.807, 2.05) is 41.9 Å². The number of carbonyl (C=O) groups excluding carboxylic acids is 1. The van der Waals surface area contributed by atoms with Crippen LogP contribution < -0.4 is 5.32 Å². The summed E-state index contributed by atoms with van der Waals surface area (Å²) in [5.74, 6) is 0.902. The molecule has 0 bridgehead atoms. The number of thioether (sulfide) groups is 1. The molecular weight excluding hydrogens is 324 g/mol. The summed E-state index contributed by atoms with van der Waals surface area (Å²) < 4.78 is 1.86. The minimum Gasteiger partial charge on any atom is -0.508 e. The SMILES string of the molecule is Cn1c(SCC(=O)Nc2cccc(O)c2)nnc1-c1ccccc1. The molecule has 1 amide bonds. The Morgan fingerprint density at radius 2 is 1.96 bits per heavy atom. The van der Waals surface area contributed by atoms with E-state index in [2.05, 4.69) is 15.5 Å². The van der Waals surface area contributed by atoms with Crippen molar-refractivity contribution in [2.45, 2.75) is 5.16 Å². The summed E-state index contributed by atoms with van der Waals surface area (Å²) in [6.45, 7) is 0. The molecule has 0 atom stereocenters. The van der Waals surface area contributed by atoms with Crippen molar-refractivity contribution in [2.24, 2.45) is 7.05 Å². The van der Waals surface area contributed by atoms with Gasteiger partial charge in [0.05, 0.1) is 5.75 Å². The number of rotatable bonds is 5. The third-order valence-corrected chi connectivity index (χ3v) is 4.35. The van der Waals surface area contributed by atoms with Gasteiger partial charge in [-0.15, -0.1) is 10.2 Å². The Hall–Kier alpha value is -2.80. The van der Waals surface area contributed by atoms with Crippen LogP contribution in [0.15, 0.2) is 59.8 Å². The second-order valence-corrected chi connectivity index (χ2v) is 6.06. The minimum absolute atomic E-state index is 0.112. The van der Waals surface area contributed by atoms with Crippen molar-refractivity contribution in [3.63, 3.8) is 0 Å². The quantitative estimate of drug-likeness (QED) is 0.698. The van der Waals surface area contributed by atoms with Crippen molar-refractivity contribution in [1.82, 2.24) is 14.8 Å². The van der Waals surface area contributed by atoms with Gasteiger partial charge < -0.3 is 15.0 Å². The van der Waals surface area contributed by atoms with Gasteiger partial charge in [-0.3, -0.25) is 4.79 Å². The summed E-state index contributed by atoms with van der Waals surface area (Å²) in [4.78, 5) is 12.0. The zero-order valence-corrected chi connectivity index (χ0v) is 13.8. The van der Waals surface area contributed by atoms with Gasteiger partial charge in [-0.05, 0) is 12.1 Å². The van der Waals surface area contributed by atoms with E-state index < -0.39 is 0 Å². The van der Waals surface area contributed by atoms with Gasteiger partial charge >= 0.3 is 0 Å². The summed E-state index contributed by atoms with van der Waals surface area (Å²) in [5.41, 5.74) is 1.53. The summed E-state index contributed by atoms with van der Waals surface area (Å²) in [6, 6.07) is 16.2. The van der Waals surface area contributed by atoms with Crippen LogP contribution in [0.5, 0.6) is 5.75 Å². The highest BCUT2D eigenvalue weighted by Crippen LogP contribution is 2.22. The molecule has 24 heavy (non-hydrogen) atoms. The molecule has 0 unspecified atom stereocenters. The molecule has 0 aliphatic rings. The lowest BCUT2D eigenvalue weighted by molar-refractivity contribution is -0.113. The lowest BCUT2D eigenvalue weighted by atomic mass is 10.2. The molecule has 0 aliphatic carbocycles. The topological polar surface area (TPSA) is 80.0 Å². The minimum atomic E-state index is -0.171. The van der Waals surface area contributed by atoms with Crippen molar-refractivity contribution in [3.05, 3.63) is 54.6 Å². The average Bonchev–Trinajstić information content (AvgIpc) is 2.94. The van der Waals surface area contributed by atoms with E-state index in [-0.39, 0.29) is 17.4 Å². The molecule has 3 rings (SSSR count). The molecule has 122 valence electrons. The highest BCUT2D eigenvalue weighted by molar-refractivity contribution is 7.99. The zero-order chi connectivity index (χ0) is 16.9. The maximum atomic E-state index is 12.0. The van der Waals surface area contributed by atoms with Crippen molar-refractivity contribution in [3.8, 4) is 17.1 Å². The second-order valence-electron chi connectivity index (χ2n) is 5.12. The monoisotopic (exact) mass is 340 g/mol. The fourth-order valence-electron chi connectivity index (χ4n) is 2.19. The van der Waals surface area contributed by atoms with E-state index in [1.165, 1.54) is 17.8 Å². The fourth-order valence-corrected chi connectivity index (χ4v) is 2.90. The lowest BCUT2D eigenvalue weighted by Gasteiger charge is -2.06. The van der Waals surface area contributed by atoms with Gasteiger partial charge in [0.15, 0.2) is 11.0 Å². The Labute approximate surface area is 143 Å². The van der Waals surface area contributed by atoms with Gasteiger partial charge in [-0.2, -0.15) is 0 Å². The number of carbonyl (C=O) groups is 1. The number of nitrogens with one attached hydrogen (secondary N) is 1. The van der Waals surface area contributed by atoms with E-state index in [0.717, 1.165) is 11.4 Å². The molecule has 2 N–H and O–H groups in total.